The first kappa shape index (κ1) is 15.0. The molecular weight excluding hydrogens is 375 g/mol. The second-order valence-electron chi connectivity index (χ2n) is 4.48. The van der Waals surface area contributed by atoms with E-state index in [0.717, 1.165) is 9.26 Å². The van der Waals surface area contributed by atoms with Gasteiger partial charge < -0.3 is 20.5 Å². The first-order valence-corrected chi connectivity index (χ1v) is 7.32. The molecule has 0 radical (unpaired) electrons. The summed E-state index contributed by atoms with van der Waals surface area (Å²) in [6.07, 6.45) is 0.136. The summed E-state index contributed by atoms with van der Waals surface area (Å²) in [5, 5.41) is 14.2. The van der Waals surface area contributed by atoms with Crippen molar-refractivity contribution in [1.82, 2.24) is 5.32 Å². The fraction of sp³-hybridized carbons (Fsp3) is 0.385. The third kappa shape index (κ3) is 4.07. The van der Waals surface area contributed by atoms with Crippen LogP contribution in [-0.2, 0) is 9.53 Å². The number of hydrogen-bond donors (Lipinski definition) is 3. The number of carboxylic acid groups (broad SMARTS) is 1. The Morgan fingerprint density at radius 1 is 1.35 bits per heavy atom. The molecule has 1 fully saturated rings. The number of carbonyl (C=O) groups excluding carboxylic acids is 1. The molecule has 20 heavy (non-hydrogen) atoms. The Hall–Kier alpha value is -1.35. The molecule has 2 unspecified atom stereocenters. The zero-order valence-corrected chi connectivity index (χ0v) is 12.8. The summed E-state index contributed by atoms with van der Waals surface area (Å²) in [6, 6.07) is 7.12. The molecule has 1 saturated heterocycles. The molecule has 1 aromatic rings. The first-order chi connectivity index (χ1) is 9.56. The quantitative estimate of drug-likeness (QED) is 0.687. The van der Waals surface area contributed by atoms with Gasteiger partial charge in [-0.3, -0.25) is 0 Å². The highest BCUT2D eigenvalue weighted by molar-refractivity contribution is 14.1. The lowest BCUT2D eigenvalue weighted by Gasteiger charge is -2.13. The SMILES string of the molecule is O=C(NCC1CCC(C(=O)O)O1)Nc1ccccc1I. The third-order valence-corrected chi connectivity index (χ3v) is 3.94. The predicted octanol–water partition coefficient (Wildman–Crippen LogP) is 2.04. The van der Waals surface area contributed by atoms with Crippen LogP contribution in [0.3, 0.4) is 0 Å². The van der Waals surface area contributed by atoms with Crippen molar-refractivity contribution >= 4 is 40.3 Å². The minimum Gasteiger partial charge on any atom is -0.479 e. The van der Waals surface area contributed by atoms with E-state index >= 15 is 0 Å². The maximum Gasteiger partial charge on any atom is 0.332 e. The second kappa shape index (κ2) is 6.89. The molecule has 6 nitrogen and oxygen atoms in total. The largest absolute Gasteiger partial charge is 0.479 e. The number of carbonyl (C=O) groups is 2. The predicted molar refractivity (Wildman–Crippen MR) is 81.7 cm³/mol. The van der Waals surface area contributed by atoms with Gasteiger partial charge in [-0.1, -0.05) is 12.1 Å². The number of amides is 2. The highest BCUT2D eigenvalue weighted by Gasteiger charge is 2.30. The number of hydrogen-bond acceptors (Lipinski definition) is 3. The Balaban J connectivity index is 1.76. The molecule has 7 heteroatoms. The molecule has 1 aliphatic heterocycles. The number of benzene rings is 1. The summed E-state index contributed by atoms with van der Waals surface area (Å²) < 4.78 is 6.25. The molecule has 0 aromatic heterocycles. The Morgan fingerprint density at radius 3 is 2.75 bits per heavy atom. The normalized spacial score (nSPS) is 21.4. The van der Waals surface area contributed by atoms with Gasteiger partial charge in [0, 0.05) is 10.1 Å². The maximum absolute atomic E-state index is 11.7. The number of carboxylic acids is 1. The number of rotatable bonds is 4. The molecule has 1 heterocycles. The van der Waals surface area contributed by atoms with Gasteiger partial charge in [-0.05, 0) is 47.6 Å². The number of aliphatic carboxylic acids is 1. The fourth-order valence-corrected chi connectivity index (χ4v) is 2.50. The van der Waals surface area contributed by atoms with Crippen molar-refractivity contribution in [2.75, 3.05) is 11.9 Å². The van der Waals surface area contributed by atoms with Gasteiger partial charge in [0.05, 0.1) is 11.8 Å². The topological polar surface area (TPSA) is 87.7 Å². The van der Waals surface area contributed by atoms with Gasteiger partial charge >= 0.3 is 12.0 Å². The van der Waals surface area contributed by atoms with E-state index < -0.39 is 12.1 Å². The molecule has 3 N–H and O–H groups in total. The van der Waals surface area contributed by atoms with Crippen LogP contribution in [0.5, 0.6) is 0 Å². The third-order valence-electron chi connectivity index (χ3n) is 3.00. The second-order valence-corrected chi connectivity index (χ2v) is 5.64. The maximum atomic E-state index is 11.7. The fourth-order valence-electron chi connectivity index (χ4n) is 1.97. The lowest BCUT2D eigenvalue weighted by atomic mass is 10.2. The van der Waals surface area contributed by atoms with Gasteiger partial charge in [-0.15, -0.1) is 0 Å². The van der Waals surface area contributed by atoms with Crippen molar-refractivity contribution < 1.29 is 19.4 Å². The minimum absolute atomic E-state index is 0.239. The van der Waals surface area contributed by atoms with E-state index in [0.29, 0.717) is 19.4 Å². The van der Waals surface area contributed by atoms with Crippen molar-refractivity contribution in [3.8, 4) is 0 Å². The lowest BCUT2D eigenvalue weighted by molar-refractivity contribution is -0.149. The smallest absolute Gasteiger partial charge is 0.332 e. The van der Waals surface area contributed by atoms with Crippen LogP contribution < -0.4 is 10.6 Å². The molecule has 2 rings (SSSR count). The molecule has 1 aliphatic rings. The van der Waals surface area contributed by atoms with E-state index in [-0.39, 0.29) is 12.1 Å². The Kier molecular flexibility index (Phi) is 5.18. The number of anilines is 1. The summed E-state index contributed by atoms with van der Waals surface area (Å²) in [5.74, 6) is -0.948. The van der Waals surface area contributed by atoms with Crippen LogP contribution in [0.2, 0.25) is 0 Å². The molecule has 0 spiro atoms. The Labute approximate surface area is 130 Å². The molecule has 2 atom stereocenters. The number of nitrogens with one attached hydrogen (secondary N) is 2. The highest BCUT2D eigenvalue weighted by atomic mass is 127. The monoisotopic (exact) mass is 390 g/mol. The van der Waals surface area contributed by atoms with E-state index in [2.05, 4.69) is 33.2 Å². The number of urea groups is 1. The molecule has 0 aliphatic carbocycles. The van der Waals surface area contributed by atoms with Crippen molar-refractivity contribution in [2.24, 2.45) is 0 Å². The van der Waals surface area contributed by atoms with Gasteiger partial charge in [0.15, 0.2) is 6.10 Å². The van der Waals surface area contributed by atoms with Gasteiger partial charge in [0.1, 0.15) is 0 Å². The van der Waals surface area contributed by atoms with Gasteiger partial charge in [0.2, 0.25) is 0 Å². The molecule has 0 saturated carbocycles. The van der Waals surface area contributed by atoms with Crippen molar-refractivity contribution in [1.29, 1.82) is 0 Å². The number of ether oxygens (including phenoxy) is 1. The van der Waals surface area contributed by atoms with Crippen molar-refractivity contribution in [3.63, 3.8) is 0 Å². The molecule has 2 amide bonds. The molecular formula is C13H15IN2O4. The van der Waals surface area contributed by atoms with Crippen molar-refractivity contribution in [3.05, 3.63) is 27.8 Å². The van der Waals surface area contributed by atoms with Crippen LogP contribution in [0.1, 0.15) is 12.8 Å². The summed E-state index contributed by atoms with van der Waals surface area (Å²) in [5.41, 5.74) is 0.737. The minimum atomic E-state index is -0.948. The van der Waals surface area contributed by atoms with Crippen LogP contribution in [0.25, 0.3) is 0 Å². The van der Waals surface area contributed by atoms with E-state index in [1.54, 1.807) is 0 Å². The van der Waals surface area contributed by atoms with E-state index in [9.17, 15) is 9.59 Å². The van der Waals surface area contributed by atoms with Gasteiger partial charge in [-0.2, -0.15) is 0 Å². The van der Waals surface area contributed by atoms with E-state index in [1.165, 1.54) is 0 Å². The summed E-state index contributed by atoms with van der Waals surface area (Å²) >= 11 is 2.14. The van der Waals surface area contributed by atoms with Crippen LogP contribution in [0.4, 0.5) is 10.5 Å². The van der Waals surface area contributed by atoms with E-state index in [4.69, 9.17) is 9.84 Å². The summed E-state index contributed by atoms with van der Waals surface area (Å²) in [4.78, 5) is 22.5. The number of halogens is 1. The zero-order valence-electron chi connectivity index (χ0n) is 10.6. The molecule has 0 bridgehead atoms. The summed E-state index contributed by atoms with van der Waals surface area (Å²) in [7, 11) is 0. The molecule has 1 aromatic carbocycles. The molecule has 108 valence electrons. The van der Waals surface area contributed by atoms with Crippen LogP contribution in [0.15, 0.2) is 24.3 Å². The first-order valence-electron chi connectivity index (χ1n) is 6.24. The standard InChI is InChI=1S/C13H15IN2O4/c14-9-3-1-2-4-10(9)16-13(19)15-7-8-5-6-11(20-8)12(17)18/h1-4,8,11H,5-7H2,(H,17,18)(H2,15,16,19). The average Bonchev–Trinajstić information content (AvgIpc) is 2.88. The highest BCUT2D eigenvalue weighted by Crippen LogP contribution is 2.19. The average molecular weight is 390 g/mol. The van der Waals surface area contributed by atoms with Crippen LogP contribution >= 0.6 is 22.6 Å². The number of para-hydroxylation sites is 1. The van der Waals surface area contributed by atoms with E-state index in [1.807, 2.05) is 24.3 Å². The van der Waals surface area contributed by atoms with Gasteiger partial charge in [0.25, 0.3) is 0 Å². The van der Waals surface area contributed by atoms with Crippen molar-refractivity contribution in [2.45, 2.75) is 25.0 Å². The van der Waals surface area contributed by atoms with Crippen LogP contribution in [-0.4, -0.2) is 35.9 Å². The lowest BCUT2D eigenvalue weighted by Crippen LogP contribution is -2.36. The van der Waals surface area contributed by atoms with Crippen LogP contribution in [0, 0.1) is 3.57 Å². The van der Waals surface area contributed by atoms with Gasteiger partial charge in [-0.25, -0.2) is 9.59 Å². The Bertz CT molecular complexity index is 509. The summed E-state index contributed by atoms with van der Waals surface area (Å²) in [6.45, 7) is 0.305. The zero-order chi connectivity index (χ0) is 14.5. The Morgan fingerprint density at radius 2 is 2.10 bits per heavy atom.